The monoisotopic (exact) mass is 254 g/mol. The van der Waals surface area contributed by atoms with E-state index < -0.39 is 12.6 Å². The van der Waals surface area contributed by atoms with Crippen LogP contribution in [0.4, 0.5) is 0 Å². The molecule has 0 N–H and O–H groups in total. The van der Waals surface area contributed by atoms with Gasteiger partial charge in [0, 0.05) is 17.4 Å². The van der Waals surface area contributed by atoms with Gasteiger partial charge < -0.3 is 14.7 Å². The van der Waals surface area contributed by atoms with Crippen molar-refractivity contribution in [3.8, 4) is 0 Å². The molecule has 1 aromatic carbocycles. The number of carbonyl (C=O) groups excluding carboxylic acids is 1. The summed E-state index contributed by atoms with van der Waals surface area (Å²) in [5, 5.41) is 14.4. The van der Waals surface area contributed by atoms with E-state index in [1.807, 2.05) is 30.4 Å². The molecule has 0 fully saturated rings. The lowest BCUT2D eigenvalue weighted by Gasteiger charge is -2.15. The molecule has 2 aliphatic carbocycles. The molecule has 0 radical (unpaired) electrons. The number of hydrogen-bond acceptors (Lipinski definition) is 4. The van der Waals surface area contributed by atoms with Crippen molar-refractivity contribution in [3.63, 3.8) is 0 Å². The average Bonchev–Trinajstić information content (AvgIpc) is 2.74. The van der Waals surface area contributed by atoms with Crippen LogP contribution in [-0.2, 0) is 9.63 Å². The fourth-order valence-corrected chi connectivity index (χ4v) is 2.63. The second kappa shape index (κ2) is 4.72. The maximum atomic E-state index is 10.4. The highest BCUT2D eigenvalue weighted by molar-refractivity contribution is 6.08. The van der Waals surface area contributed by atoms with E-state index in [1.54, 1.807) is 0 Å². The fraction of sp³-hybridized carbons (Fsp3) is 0.200. The Hall–Kier alpha value is -2.36. The SMILES string of the molecule is O=C([O-])CO/N=C1\c2ccccc2[C@H]2C=CC=C[C@H]12. The summed E-state index contributed by atoms with van der Waals surface area (Å²) in [6.45, 7) is -0.525. The number of aliphatic carboxylic acids is 1. The third kappa shape index (κ3) is 2.05. The molecule has 0 spiro atoms. The molecule has 3 rings (SSSR count). The lowest BCUT2D eigenvalue weighted by atomic mass is 9.88. The Bertz CT molecular complexity index is 601. The lowest BCUT2D eigenvalue weighted by molar-refractivity contribution is -0.309. The molecule has 4 heteroatoms. The van der Waals surface area contributed by atoms with Crippen molar-refractivity contribution in [3.05, 3.63) is 59.7 Å². The zero-order valence-electron chi connectivity index (χ0n) is 10.2. The summed E-state index contributed by atoms with van der Waals surface area (Å²) in [6.07, 6.45) is 8.18. The van der Waals surface area contributed by atoms with Crippen LogP contribution in [0, 0.1) is 5.92 Å². The fourth-order valence-electron chi connectivity index (χ4n) is 2.63. The van der Waals surface area contributed by atoms with E-state index in [0.29, 0.717) is 0 Å². The predicted molar refractivity (Wildman–Crippen MR) is 68.4 cm³/mol. The molecule has 4 nitrogen and oxygen atoms in total. The number of rotatable bonds is 3. The lowest BCUT2D eigenvalue weighted by Crippen LogP contribution is -2.27. The van der Waals surface area contributed by atoms with Gasteiger partial charge in [-0.3, -0.25) is 0 Å². The predicted octanol–water partition coefficient (Wildman–Crippen LogP) is 0.997. The van der Waals surface area contributed by atoms with Crippen molar-refractivity contribution in [1.82, 2.24) is 0 Å². The average molecular weight is 254 g/mol. The van der Waals surface area contributed by atoms with Crippen LogP contribution in [0.1, 0.15) is 17.0 Å². The molecule has 0 amide bonds. The Labute approximate surface area is 110 Å². The van der Waals surface area contributed by atoms with E-state index in [-0.39, 0.29) is 11.8 Å². The van der Waals surface area contributed by atoms with Crippen LogP contribution in [0.25, 0.3) is 0 Å². The van der Waals surface area contributed by atoms with Crippen LogP contribution in [0.15, 0.2) is 53.7 Å². The summed E-state index contributed by atoms with van der Waals surface area (Å²) < 4.78 is 0. The minimum atomic E-state index is -1.27. The summed E-state index contributed by atoms with van der Waals surface area (Å²) in [4.78, 5) is 15.2. The molecule has 0 saturated carbocycles. The van der Waals surface area contributed by atoms with Crippen molar-refractivity contribution in [2.75, 3.05) is 6.61 Å². The van der Waals surface area contributed by atoms with Gasteiger partial charge in [0.2, 0.25) is 0 Å². The normalized spacial score (nSPS) is 25.2. The van der Waals surface area contributed by atoms with Crippen molar-refractivity contribution in [2.45, 2.75) is 5.92 Å². The van der Waals surface area contributed by atoms with Crippen LogP contribution in [0.5, 0.6) is 0 Å². The van der Waals surface area contributed by atoms with Crippen LogP contribution in [0.2, 0.25) is 0 Å². The van der Waals surface area contributed by atoms with Crippen LogP contribution in [-0.4, -0.2) is 18.3 Å². The summed E-state index contributed by atoms with van der Waals surface area (Å²) in [5.41, 5.74) is 3.00. The van der Waals surface area contributed by atoms with Crippen LogP contribution >= 0.6 is 0 Å². The second-order valence-corrected chi connectivity index (χ2v) is 4.53. The van der Waals surface area contributed by atoms with Crippen molar-refractivity contribution < 1.29 is 14.7 Å². The molecule has 96 valence electrons. The topological polar surface area (TPSA) is 61.7 Å². The highest BCUT2D eigenvalue weighted by Gasteiger charge is 2.36. The van der Waals surface area contributed by atoms with Gasteiger partial charge in [-0.1, -0.05) is 53.7 Å². The molecular formula is C15H12NO3-. The number of carboxylic acid groups (broad SMARTS) is 1. The second-order valence-electron chi connectivity index (χ2n) is 4.53. The largest absolute Gasteiger partial charge is 0.546 e. The van der Waals surface area contributed by atoms with Crippen LogP contribution in [0.3, 0.4) is 0 Å². The van der Waals surface area contributed by atoms with E-state index in [0.717, 1.165) is 11.3 Å². The third-order valence-corrected chi connectivity index (χ3v) is 3.39. The number of carboxylic acids is 1. The first-order chi connectivity index (χ1) is 9.27. The van der Waals surface area contributed by atoms with E-state index in [1.165, 1.54) is 5.56 Å². The molecule has 0 unspecified atom stereocenters. The molecule has 2 aliphatic rings. The van der Waals surface area contributed by atoms with Gasteiger partial charge in [-0.15, -0.1) is 0 Å². The first-order valence-corrected chi connectivity index (χ1v) is 6.11. The Kier molecular flexibility index (Phi) is 2.91. The Morgan fingerprint density at radius 2 is 1.95 bits per heavy atom. The number of hydrogen-bond donors (Lipinski definition) is 0. The number of nitrogens with zero attached hydrogens (tertiary/aromatic N) is 1. The van der Waals surface area contributed by atoms with Gasteiger partial charge in [-0.05, 0) is 5.56 Å². The van der Waals surface area contributed by atoms with Crippen molar-refractivity contribution in [2.24, 2.45) is 11.1 Å². The third-order valence-electron chi connectivity index (χ3n) is 3.39. The van der Waals surface area contributed by atoms with Crippen molar-refractivity contribution in [1.29, 1.82) is 0 Å². The highest BCUT2D eigenvalue weighted by Crippen LogP contribution is 2.41. The molecule has 2 atom stereocenters. The number of fused-ring (bicyclic) bond motifs is 3. The number of allylic oxidation sites excluding steroid dienone is 4. The summed E-state index contributed by atoms with van der Waals surface area (Å²) in [6, 6.07) is 7.99. The standard InChI is InChI=1S/C15H13NO3/c17-14(18)9-19-16-15-12-7-3-1-5-10(12)11-6-2-4-8-13(11)15/h1-8,10,12H,9H2,(H,17,18)/p-1/b16-15-/t10-,12+/m1/s1. The Morgan fingerprint density at radius 1 is 1.21 bits per heavy atom. The number of benzene rings is 1. The highest BCUT2D eigenvalue weighted by atomic mass is 16.6. The van der Waals surface area contributed by atoms with Gasteiger partial charge >= 0.3 is 0 Å². The first-order valence-electron chi connectivity index (χ1n) is 6.11. The minimum Gasteiger partial charge on any atom is -0.546 e. The molecule has 0 heterocycles. The van der Waals surface area contributed by atoms with Gasteiger partial charge in [-0.2, -0.15) is 0 Å². The summed E-state index contributed by atoms with van der Waals surface area (Å²) in [5.74, 6) is -0.901. The Balaban J connectivity index is 1.97. The summed E-state index contributed by atoms with van der Waals surface area (Å²) >= 11 is 0. The van der Waals surface area contributed by atoms with E-state index >= 15 is 0 Å². The summed E-state index contributed by atoms with van der Waals surface area (Å²) in [7, 11) is 0. The number of oxime groups is 1. The maximum Gasteiger partial charge on any atom is 0.156 e. The zero-order valence-corrected chi connectivity index (χ0v) is 10.2. The zero-order chi connectivity index (χ0) is 13.2. The number of carbonyl (C=O) groups is 1. The first kappa shape index (κ1) is 11.7. The molecular weight excluding hydrogens is 242 g/mol. The van der Waals surface area contributed by atoms with Gasteiger partial charge in [0.15, 0.2) is 6.61 Å². The molecule has 19 heavy (non-hydrogen) atoms. The van der Waals surface area contributed by atoms with Gasteiger partial charge in [-0.25, -0.2) is 0 Å². The molecule has 0 aliphatic heterocycles. The quantitative estimate of drug-likeness (QED) is 0.756. The minimum absolute atomic E-state index is 0.115. The maximum absolute atomic E-state index is 10.4. The molecule has 0 saturated heterocycles. The smallest absolute Gasteiger partial charge is 0.156 e. The molecule has 0 aromatic heterocycles. The van der Waals surface area contributed by atoms with Gasteiger partial charge in [0.05, 0.1) is 11.7 Å². The van der Waals surface area contributed by atoms with E-state index in [9.17, 15) is 9.90 Å². The molecule has 0 bridgehead atoms. The molecule has 1 aromatic rings. The van der Waals surface area contributed by atoms with Gasteiger partial charge in [0.25, 0.3) is 0 Å². The Morgan fingerprint density at radius 3 is 2.74 bits per heavy atom. The van der Waals surface area contributed by atoms with Gasteiger partial charge in [0.1, 0.15) is 0 Å². The van der Waals surface area contributed by atoms with E-state index in [2.05, 4.69) is 23.4 Å². The van der Waals surface area contributed by atoms with Crippen molar-refractivity contribution >= 4 is 11.7 Å². The van der Waals surface area contributed by atoms with E-state index in [4.69, 9.17) is 4.84 Å². The van der Waals surface area contributed by atoms with Crippen LogP contribution < -0.4 is 5.11 Å².